The molecule has 4 rings (SSSR count). The first-order valence-electron chi connectivity index (χ1n) is 11.2. The van der Waals surface area contributed by atoms with Crippen LogP contribution in [-0.4, -0.2) is 51.5 Å². The first kappa shape index (κ1) is 22.4. The van der Waals surface area contributed by atoms with Crippen molar-refractivity contribution >= 4 is 11.8 Å². The maximum Gasteiger partial charge on any atom is 0.334 e. The number of hydrogen-bond acceptors (Lipinski definition) is 6. The van der Waals surface area contributed by atoms with Gasteiger partial charge in [-0.05, 0) is 61.5 Å². The Hall–Kier alpha value is -1.76. The van der Waals surface area contributed by atoms with Crippen molar-refractivity contribution in [2.45, 2.75) is 65.8 Å². The number of rotatable bonds is 3. The highest BCUT2D eigenvalue weighted by Gasteiger charge is 2.76. The summed E-state index contributed by atoms with van der Waals surface area (Å²) in [5.41, 5.74) is -2.36. The highest BCUT2D eigenvalue weighted by atomic mass is 16.6. The molecule has 31 heavy (non-hydrogen) atoms. The molecular formula is C25H34O6. The second kappa shape index (κ2) is 6.87. The predicted molar refractivity (Wildman–Crippen MR) is 115 cm³/mol. The summed E-state index contributed by atoms with van der Waals surface area (Å²) < 4.78 is 5.72. The average Bonchev–Trinajstić information content (AvgIpc) is 3.21. The number of fused-ring (bicyclic) bond motifs is 3. The molecule has 4 aliphatic rings. The van der Waals surface area contributed by atoms with Gasteiger partial charge in [0.05, 0.1) is 12.0 Å². The maximum atomic E-state index is 14.2. The number of carbonyl (C=O) groups is 2. The lowest BCUT2D eigenvalue weighted by Crippen LogP contribution is -2.65. The van der Waals surface area contributed by atoms with Crippen molar-refractivity contribution in [3.8, 4) is 0 Å². The van der Waals surface area contributed by atoms with Crippen molar-refractivity contribution in [3.63, 3.8) is 0 Å². The first-order chi connectivity index (χ1) is 14.4. The molecule has 6 heteroatoms. The number of hydrogen-bond donors (Lipinski definition) is 3. The van der Waals surface area contributed by atoms with E-state index < -0.39 is 41.7 Å². The third-order valence-corrected chi connectivity index (χ3v) is 8.88. The summed E-state index contributed by atoms with van der Waals surface area (Å²) in [7, 11) is 0. The SMILES string of the molecule is C/C=C(/C)C(=O)O[C@H]1C(C)=C[C@]23C(=O)[C@@H](C=C(CO)[C@@H](O)[C@@]12O)[C@H]1[C@@H](C[C@H]3C)C1(C)C. The summed E-state index contributed by atoms with van der Waals surface area (Å²) in [6.07, 6.45) is 3.04. The van der Waals surface area contributed by atoms with Crippen molar-refractivity contribution in [1.29, 1.82) is 0 Å². The normalized spacial score (nSPS) is 45.6. The fourth-order valence-corrected chi connectivity index (χ4v) is 6.91. The monoisotopic (exact) mass is 430 g/mol. The molecule has 0 aromatic heterocycles. The van der Waals surface area contributed by atoms with Gasteiger partial charge >= 0.3 is 5.97 Å². The van der Waals surface area contributed by atoms with Gasteiger partial charge in [-0.1, -0.05) is 39.0 Å². The van der Waals surface area contributed by atoms with Crippen molar-refractivity contribution < 1.29 is 29.6 Å². The average molecular weight is 431 g/mol. The fourth-order valence-electron chi connectivity index (χ4n) is 6.91. The molecule has 8 atom stereocenters. The highest BCUT2D eigenvalue weighted by molar-refractivity contribution is 5.96. The van der Waals surface area contributed by atoms with E-state index in [0.717, 1.165) is 6.42 Å². The van der Waals surface area contributed by atoms with Gasteiger partial charge in [-0.25, -0.2) is 4.79 Å². The lowest BCUT2D eigenvalue weighted by atomic mass is 9.59. The van der Waals surface area contributed by atoms with E-state index in [9.17, 15) is 24.9 Å². The summed E-state index contributed by atoms with van der Waals surface area (Å²) >= 11 is 0. The molecule has 0 amide bonds. The van der Waals surface area contributed by atoms with Gasteiger partial charge in [0.25, 0.3) is 0 Å². The van der Waals surface area contributed by atoms with E-state index >= 15 is 0 Å². The number of allylic oxidation sites excluding steroid dienone is 2. The Labute approximate surface area is 183 Å². The van der Waals surface area contributed by atoms with Crippen LogP contribution in [0.5, 0.6) is 0 Å². The van der Waals surface area contributed by atoms with Crippen LogP contribution in [0.25, 0.3) is 0 Å². The number of ether oxygens (including phenoxy) is 1. The van der Waals surface area contributed by atoms with Gasteiger partial charge < -0.3 is 20.1 Å². The van der Waals surface area contributed by atoms with Crippen LogP contribution in [0.15, 0.2) is 34.9 Å². The van der Waals surface area contributed by atoms with Crippen LogP contribution in [0.1, 0.15) is 48.0 Å². The quantitative estimate of drug-likeness (QED) is 0.361. The number of aliphatic hydroxyl groups is 3. The van der Waals surface area contributed by atoms with Gasteiger partial charge in [-0.2, -0.15) is 0 Å². The van der Waals surface area contributed by atoms with E-state index in [4.69, 9.17) is 4.74 Å². The van der Waals surface area contributed by atoms with E-state index in [2.05, 4.69) is 13.8 Å². The molecule has 0 heterocycles. The second-order valence-corrected chi connectivity index (χ2v) is 10.6. The minimum atomic E-state index is -2.08. The number of aliphatic hydroxyl groups excluding tert-OH is 2. The molecule has 0 aliphatic heterocycles. The summed E-state index contributed by atoms with van der Waals surface area (Å²) in [4.78, 5) is 26.8. The minimum Gasteiger partial charge on any atom is -0.451 e. The third-order valence-electron chi connectivity index (χ3n) is 8.88. The molecule has 1 spiro atoms. The van der Waals surface area contributed by atoms with Crippen molar-refractivity contribution in [2.24, 2.45) is 34.5 Å². The second-order valence-electron chi connectivity index (χ2n) is 10.6. The Morgan fingerprint density at radius 2 is 2.00 bits per heavy atom. The van der Waals surface area contributed by atoms with Crippen LogP contribution >= 0.6 is 0 Å². The van der Waals surface area contributed by atoms with Gasteiger partial charge in [0.2, 0.25) is 0 Å². The summed E-state index contributed by atoms with van der Waals surface area (Å²) in [6.45, 7) is 10.8. The highest BCUT2D eigenvalue weighted by Crippen LogP contribution is 2.71. The molecule has 2 fully saturated rings. The summed E-state index contributed by atoms with van der Waals surface area (Å²) in [5.74, 6) is -1.13. The molecule has 0 radical (unpaired) electrons. The van der Waals surface area contributed by atoms with Crippen LogP contribution in [0.2, 0.25) is 0 Å². The standard InChI is InChI=1S/C25H34O6/c1-7-12(2)22(29)31-21-13(3)10-24-14(4)8-17-18(23(17,5)6)16(20(24)28)9-15(11-26)19(27)25(21,24)30/h7,9-10,14,16-19,21,26-27,30H,8,11H2,1-6H3/b12-7-/t14-,16+,17-,18+,19-,21+,24+,25-/m1/s1. The van der Waals surface area contributed by atoms with Crippen LogP contribution < -0.4 is 0 Å². The van der Waals surface area contributed by atoms with Crippen molar-refractivity contribution in [1.82, 2.24) is 0 Å². The molecule has 3 N–H and O–H groups in total. The van der Waals surface area contributed by atoms with E-state index in [1.165, 1.54) is 0 Å². The molecular weight excluding hydrogens is 396 g/mol. The molecule has 170 valence electrons. The Balaban J connectivity index is 1.91. The molecule has 2 bridgehead atoms. The predicted octanol–water partition coefficient (Wildman–Crippen LogP) is 2.33. The third kappa shape index (κ3) is 2.61. The van der Waals surface area contributed by atoms with Crippen molar-refractivity contribution in [3.05, 3.63) is 34.9 Å². The van der Waals surface area contributed by atoms with E-state index in [0.29, 0.717) is 17.1 Å². The van der Waals surface area contributed by atoms with Gasteiger partial charge in [-0.3, -0.25) is 4.79 Å². The molecule has 4 aliphatic carbocycles. The molecule has 0 aromatic rings. The summed E-state index contributed by atoms with van der Waals surface area (Å²) in [5, 5.41) is 33.7. The molecule has 0 unspecified atom stereocenters. The zero-order chi connectivity index (χ0) is 23.1. The fraction of sp³-hybridized carbons (Fsp3) is 0.680. The Morgan fingerprint density at radius 1 is 1.35 bits per heavy atom. The van der Waals surface area contributed by atoms with Crippen molar-refractivity contribution in [2.75, 3.05) is 6.61 Å². The van der Waals surface area contributed by atoms with Gasteiger partial charge in [0, 0.05) is 11.5 Å². The minimum absolute atomic E-state index is 0.0209. The molecule has 6 nitrogen and oxygen atoms in total. The lowest BCUT2D eigenvalue weighted by molar-refractivity contribution is -0.201. The van der Waals surface area contributed by atoms with Gasteiger partial charge in [-0.15, -0.1) is 0 Å². The van der Waals surface area contributed by atoms with E-state index in [1.54, 1.807) is 39.0 Å². The van der Waals surface area contributed by atoms with Gasteiger partial charge in [0.15, 0.2) is 17.5 Å². The van der Waals surface area contributed by atoms with Crippen LogP contribution in [-0.2, 0) is 14.3 Å². The lowest BCUT2D eigenvalue weighted by Gasteiger charge is -2.48. The number of carbonyl (C=O) groups excluding carboxylic acids is 2. The summed E-state index contributed by atoms with van der Waals surface area (Å²) in [6, 6.07) is 0. The van der Waals surface area contributed by atoms with Crippen LogP contribution in [0.4, 0.5) is 0 Å². The smallest absolute Gasteiger partial charge is 0.334 e. The first-order valence-corrected chi connectivity index (χ1v) is 11.2. The maximum absolute atomic E-state index is 14.2. The van der Waals surface area contributed by atoms with E-state index in [1.807, 2.05) is 6.92 Å². The zero-order valence-corrected chi connectivity index (χ0v) is 19.2. The molecule has 0 aromatic carbocycles. The Bertz CT molecular complexity index is 926. The largest absolute Gasteiger partial charge is 0.451 e. The number of Topliss-reactive ketones (excluding diaryl/α,β-unsaturated/α-hetero) is 1. The Morgan fingerprint density at radius 3 is 2.58 bits per heavy atom. The topological polar surface area (TPSA) is 104 Å². The van der Waals surface area contributed by atoms with Crippen LogP contribution in [0.3, 0.4) is 0 Å². The molecule has 0 saturated heterocycles. The van der Waals surface area contributed by atoms with Crippen LogP contribution in [0, 0.1) is 34.5 Å². The Kier molecular flexibility index (Phi) is 4.97. The number of esters is 1. The van der Waals surface area contributed by atoms with E-state index in [-0.39, 0.29) is 28.6 Å². The molecule has 2 saturated carbocycles. The zero-order valence-electron chi connectivity index (χ0n) is 19.2. The van der Waals surface area contributed by atoms with Gasteiger partial charge in [0.1, 0.15) is 6.10 Å². The number of ketones is 1.